The number of nitrogens with one attached hydrogen (secondary N) is 2. The molecule has 0 aliphatic carbocycles. The number of ether oxygens (including phenoxy) is 8. The first-order chi connectivity index (χ1) is 36.8. The zero-order valence-corrected chi connectivity index (χ0v) is 44.5. The summed E-state index contributed by atoms with van der Waals surface area (Å²) in [4.78, 5) is 12.9. The second-order valence-corrected chi connectivity index (χ2v) is 21.3. The van der Waals surface area contributed by atoms with Crippen molar-refractivity contribution in [3.8, 4) is 17.2 Å². The molecule has 14 atom stereocenters. The number of aryl methyl sites for hydroxylation is 1. The van der Waals surface area contributed by atoms with Crippen LogP contribution in [0.15, 0.2) is 97.1 Å². The van der Waals surface area contributed by atoms with Crippen molar-refractivity contribution in [1.29, 1.82) is 0 Å². The minimum atomic E-state index is -0.768. The van der Waals surface area contributed by atoms with E-state index >= 15 is 0 Å². The molecule has 0 aromatic heterocycles. The Balaban J connectivity index is 0.824. The topological polar surface area (TPSA) is 216 Å². The summed E-state index contributed by atoms with van der Waals surface area (Å²) in [6, 6.07) is 28.8. The summed E-state index contributed by atoms with van der Waals surface area (Å²) in [6.07, 6.45) is 5.04. The summed E-state index contributed by atoms with van der Waals surface area (Å²) in [6.45, 7) is 6.61. The standard InChI is InChI=1S/C60H82N2O14/c1-4-43-33-45(73-58(72-43)51-21-6-9-24-54(51)66)19-13-18-44-35-49(71-56(70-44)37-62-60(68)61-36-40-28-26-38(2)27-29-40)32-42(64)15-12-17-47-34-46(74-59(75-47)52-22-7-10-25-55(52)67)16-11-14-41(63)31-48-30-39(3)69-57(76-48)50-20-5-8-23-53(50)65/h5-10,20-29,39,41-49,56-59,63-67H,4,11-19,30-37H2,1-3H3,(H2,61,62,68)/t39-,41?,42?,43?,44?,45?,46?,47?,48?,49?,56?,57?,58?,59?/m0/s1. The Bertz CT molecular complexity index is 2380. The summed E-state index contributed by atoms with van der Waals surface area (Å²) in [5, 5.41) is 60.3. The van der Waals surface area contributed by atoms with Gasteiger partial charge in [-0.2, -0.15) is 0 Å². The molecule has 4 aliphatic rings. The first kappa shape index (κ1) is 57.3. The molecule has 4 aromatic carbocycles. The van der Waals surface area contributed by atoms with Crippen LogP contribution in [0.5, 0.6) is 17.2 Å². The number of phenolic OH excluding ortho intramolecular Hbond substituents is 3. The number of benzene rings is 4. The fourth-order valence-corrected chi connectivity index (χ4v) is 10.9. The van der Waals surface area contributed by atoms with Crippen LogP contribution in [0, 0.1) is 6.92 Å². The van der Waals surface area contributed by atoms with E-state index in [1.807, 2.05) is 62.4 Å². The number of aliphatic hydroxyl groups is 2. The third-order valence-corrected chi connectivity index (χ3v) is 15.1. The molecule has 0 saturated carbocycles. The number of carbonyl (C=O) groups excluding carboxylic acids is 1. The molecule has 2 amide bonds. The van der Waals surface area contributed by atoms with E-state index in [1.54, 1.807) is 48.5 Å². The second-order valence-electron chi connectivity index (χ2n) is 21.3. The molecule has 4 aromatic rings. The van der Waals surface area contributed by atoms with E-state index in [1.165, 1.54) is 0 Å². The van der Waals surface area contributed by atoms with Crippen molar-refractivity contribution >= 4 is 6.03 Å². The maximum absolute atomic E-state index is 12.9. The Morgan fingerprint density at radius 2 is 0.947 bits per heavy atom. The summed E-state index contributed by atoms with van der Waals surface area (Å²) < 4.78 is 50.7. The number of aliphatic hydroxyl groups excluding tert-OH is 2. The van der Waals surface area contributed by atoms with Gasteiger partial charge in [0, 0.05) is 42.5 Å². The van der Waals surface area contributed by atoms with Crippen LogP contribution in [0.3, 0.4) is 0 Å². The van der Waals surface area contributed by atoms with Gasteiger partial charge in [0.15, 0.2) is 25.2 Å². The van der Waals surface area contributed by atoms with Crippen LogP contribution in [0.2, 0.25) is 0 Å². The van der Waals surface area contributed by atoms with E-state index in [0.717, 1.165) is 43.2 Å². The van der Waals surface area contributed by atoms with Gasteiger partial charge in [-0.3, -0.25) is 0 Å². The van der Waals surface area contributed by atoms with Crippen LogP contribution in [0.25, 0.3) is 0 Å². The van der Waals surface area contributed by atoms with E-state index < -0.39 is 37.4 Å². The van der Waals surface area contributed by atoms with Gasteiger partial charge < -0.3 is 74.1 Å². The lowest BCUT2D eigenvalue weighted by molar-refractivity contribution is -0.253. The third kappa shape index (κ3) is 17.3. The average molecular weight is 1060 g/mol. The molecular formula is C60H82N2O14. The van der Waals surface area contributed by atoms with E-state index in [4.69, 9.17) is 37.9 Å². The van der Waals surface area contributed by atoms with Crippen LogP contribution in [-0.2, 0) is 44.4 Å². The van der Waals surface area contributed by atoms with Crippen LogP contribution in [0.1, 0.15) is 163 Å². The lowest BCUT2D eigenvalue weighted by atomic mass is 9.95. The van der Waals surface area contributed by atoms with Gasteiger partial charge >= 0.3 is 6.03 Å². The minimum absolute atomic E-state index is 0.00570. The van der Waals surface area contributed by atoms with Crippen molar-refractivity contribution in [2.24, 2.45) is 0 Å². The van der Waals surface area contributed by atoms with Crippen molar-refractivity contribution in [2.45, 2.75) is 216 Å². The van der Waals surface area contributed by atoms with Crippen LogP contribution in [0.4, 0.5) is 4.79 Å². The molecule has 4 heterocycles. The highest BCUT2D eigenvalue weighted by molar-refractivity contribution is 5.73. The van der Waals surface area contributed by atoms with Gasteiger partial charge in [0.1, 0.15) is 17.2 Å². The number of hydrogen-bond donors (Lipinski definition) is 7. The summed E-state index contributed by atoms with van der Waals surface area (Å²) in [5.41, 5.74) is 3.89. The first-order valence-electron chi connectivity index (χ1n) is 27.8. The summed E-state index contributed by atoms with van der Waals surface area (Å²) in [5.74, 6) is 0.353. The molecule has 4 aliphatic heterocycles. The quantitative estimate of drug-likeness (QED) is 0.0348. The zero-order valence-electron chi connectivity index (χ0n) is 44.5. The van der Waals surface area contributed by atoms with Crippen LogP contribution < -0.4 is 10.6 Å². The molecule has 16 nitrogen and oxygen atoms in total. The van der Waals surface area contributed by atoms with Crippen LogP contribution >= 0.6 is 0 Å². The van der Waals surface area contributed by atoms with E-state index in [0.29, 0.717) is 93.9 Å². The SMILES string of the molecule is CCC1CC(CCCC2CC(CC(O)CCCC3CC(CCCC(O)CC4C[C@H](C)OC(c5ccccc5O)O4)OC(c4ccccc4O)O3)OC(CNC(=O)NCc3ccc(C)cc3)O2)OC(c2ccccc2O)O1. The number of amides is 2. The van der Waals surface area contributed by atoms with Crippen molar-refractivity contribution < 1.29 is 68.2 Å². The Morgan fingerprint density at radius 3 is 1.47 bits per heavy atom. The second kappa shape index (κ2) is 28.7. The molecule has 0 bridgehead atoms. The molecule has 0 spiro atoms. The highest BCUT2D eigenvalue weighted by Gasteiger charge is 2.37. The number of para-hydroxylation sites is 3. The molecule has 416 valence electrons. The minimum Gasteiger partial charge on any atom is -0.507 e. The maximum Gasteiger partial charge on any atom is 0.315 e. The predicted molar refractivity (Wildman–Crippen MR) is 284 cm³/mol. The zero-order chi connectivity index (χ0) is 53.4. The number of aromatic hydroxyl groups is 3. The van der Waals surface area contributed by atoms with Crippen molar-refractivity contribution in [1.82, 2.24) is 10.6 Å². The van der Waals surface area contributed by atoms with Gasteiger partial charge in [-0.15, -0.1) is 0 Å². The van der Waals surface area contributed by atoms with Crippen molar-refractivity contribution in [2.75, 3.05) is 6.54 Å². The van der Waals surface area contributed by atoms with Gasteiger partial charge in [-0.1, -0.05) is 91.3 Å². The van der Waals surface area contributed by atoms with Crippen molar-refractivity contribution in [3.05, 3.63) is 125 Å². The number of hydrogen-bond acceptors (Lipinski definition) is 14. The number of rotatable bonds is 24. The van der Waals surface area contributed by atoms with Gasteiger partial charge in [0.05, 0.1) is 67.6 Å². The highest BCUT2D eigenvalue weighted by atomic mass is 16.7. The summed E-state index contributed by atoms with van der Waals surface area (Å²) in [7, 11) is 0. The smallest absolute Gasteiger partial charge is 0.315 e. The fraction of sp³-hybridized carbons (Fsp3) is 0.583. The molecule has 8 rings (SSSR count). The van der Waals surface area contributed by atoms with Crippen LogP contribution in [-0.4, -0.2) is 105 Å². The van der Waals surface area contributed by atoms with Gasteiger partial charge in [0.2, 0.25) is 0 Å². The Kier molecular flexibility index (Phi) is 21.6. The Morgan fingerprint density at radius 1 is 0.526 bits per heavy atom. The highest BCUT2D eigenvalue weighted by Crippen LogP contribution is 2.40. The average Bonchev–Trinajstić information content (AvgIpc) is 3.41. The molecule has 13 unspecified atom stereocenters. The molecule has 4 fully saturated rings. The fourth-order valence-electron chi connectivity index (χ4n) is 10.9. The number of urea groups is 1. The van der Waals surface area contributed by atoms with Gasteiger partial charge in [0.25, 0.3) is 0 Å². The maximum atomic E-state index is 12.9. The lowest BCUT2D eigenvalue weighted by Gasteiger charge is -2.38. The number of carbonyl (C=O) groups is 1. The lowest BCUT2D eigenvalue weighted by Crippen LogP contribution is -2.47. The van der Waals surface area contributed by atoms with Gasteiger partial charge in [-0.25, -0.2) is 4.79 Å². The summed E-state index contributed by atoms with van der Waals surface area (Å²) >= 11 is 0. The third-order valence-electron chi connectivity index (χ3n) is 15.1. The first-order valence-corrected chi connectivity index (χ1v) is 27.8. The predicted octanol–water partition coefficient (Wildman–Crippen LogP) is 10.5. The molecule has 0 radical (unpaired) electrons. The Labute approximate surface area is 448 Å². The van der Waals surface area contributed by atoms with E-state index in [9.17, 15) is 30.3 Å². The van der Waals surface area contributed by atoms with Gasteiger partial charge in [-0.05, 0) is 121 Å². The normalized spacial score (nSPS) is 28.8. The van der Waals surface area contributed by atoms with E-state index in [2.05, 4.69) is 17.6 Å². The molecule has 4 saturated heterocycles. The molecule has 7 N–H and O–H groups in total. The molecule has 16 heteroatoms. The van der Waals surface area contributed by atoms with Crippen molar-refractivity contribution in [3.63, 3.8) is 0 Å². The number of phenols is 3. The monoisotopic (exact) mass is 1050 g/mol. The molecule has 76 heavy (non-hydrogen) atoms. The Hall–Kier alpha value is -4.85. The largest absolute Gasteiger partial charge is 0.507 e. The van der Waals surface area contributed by atoms with E-state index in [-0.39, 0.29) is 78.7 Å². The molecular weight excluding hydrogens is 973 g/mol.